The number of hydrogen-bond donors (Lipinski definition) is 3. The van der Waals surface area contributed by atoms with Gasteiger partial charge in [-0.2, -0.15) is 0 Å². The molecule has 0 aromatic carbocycles. The number of nitrogens with one attached hydrogen (secondary N) is 1. The fraction of sp³-hybridized carbons (Fsp3) is 0.810. The van der Waals surface area contributed by atoms with Gasteiger partial charge in [0.1, 0.15) is 0 Å². The third-order valence-corrected chi connectivity index (χ3v) is 4.27. The first-order chi connectivity index (χ1) is 12.5. The smallest absolute Gasteiger partial charge is 0.402 e. The molecule has 154 valence electrons. The Balaban J connectivity index is 0. The largest absolute Gasteiger partial charge is 0.465 e. The third kappa shape index (κ3) is 30.4. The Morgan fingerprint density at radius 3 is 1.42 bits per heavy atom. The number of hydrogen-bond acceptors (Lipinski definition) is 2. The zero-order valence-corrected chi connectivity index (χ0v) is 16.9. The summed E-state index contributed by atoms with van der Waals surface area (Å²) in [5.74, 6) is 0.102. The Labute approximate surface area is 160 Å². The number of carbonyl (C=O) groups excluding carboxylic acids is 1. The van der Waals surface area contributed by atoms with Gasteiger partial charge in [-0.1, -0.05) is 103 Å². The Morgan fingerprint density at radius 2 is 1.12 bits per heavy atom. The molecule has 0 aliphatic rings. The predicted octanol–water partition coefficient (Wildman–Crippen LogP) is 6.13. The molecule has 0 saturated heterocycles. The summed E-state index contributed by atoms with van der Waals surface area (Å²) in [4.78, 5) is 20.0. The van der Waals surface area contributed by atoms with Crippen molar-refractivity contribution in [2.75, 3.05) is 0 Å². The molecule has 5 nitrogen and oxygen atoms in total. The average Bonchev–Trinajstić information content (AvgIpc) is 2.58. The lowest BCUT2D eigenvalue weighted by Gasteiger charge is -2.03. The van der Waals surface area contributed by atoms with Crippen molar-refractivity contribution in [3.63, 3.8) is 0 Å². The van der Waals surface area contributed by atoms with Crippen LogP contribution in [0.2, 0.25) is 0 Å². The first-order valence-electron chi connectivity index (χ1n) is 10.4. The van der Waals surface area contributed by atoms with E-state index in [0.29, 0.717) is 6.42 Å². The number of carboxylic acid groups (broad SMARTS) is 1. The molecule has 5 heteroatoms. The molecule has 0 bridgehead atoms. The molecule has 26 heavy (non-hydrogen) atoms. The highest BCUT2D eigenvalue weighted by molar-refractivity contribution is 5.76. The Bertz CT molecular complexity index is 329. The SMILES string of the molecule is C=CNC(=O)CCCCCCCCCCCCCCCCC.NC(=O)O. The van der Waals surface area contributed by atoms with Gasteiger partial charge in [0, 0.05) is 6.42 Å². The van der Waals surface area contributed by atoms with E-state index in [4.69, 9.17) is 9.90 Å². The highest BCUT2D eigenvalue weighted by Gasteiger charge is 1.98. The number of nitrogens with two attached hydrogens (primary N) is 1. The second kappa shape index (κ2) is 23.5. The molecule has 0 spiro atoms. The van der Waals surface area contributed by atoms with Crippen molar-refractivity contribution < 1.29 is 14.7 Å². The van der Waals surface area contributed by atoms with Gasteiger partial charge in [-0.25, -0.2) is 4.79 Å². The van der Waals surface area contributed by atoms with Crippen LogP contribution in [0.15, 0.2) is 12.8 Å². The van der Waals surface area contributed by atoms with E-state index in [-0.39, 0.29) is 5.91 Å². The Hall–Kier alpha value is -1.52. The van der Waals surface area contributed by atoms with E-state index in [1.165, 1.54) is 96.1 Å². The van der Waals surface area contributed by atoms with Crippen LogP contribution in [0.25, 0.3) is 0 Å². The highest BCUT2D eigenvalue weighted by atomic mass is 16.4. The van der Waals surface area contributed by atoms with Crippen molar-refractivity contribution >= 4 is 12.0 Å². The molecule has 0 aliphatic heterocycles. The van der Waals surface area contributed by atoms with Gasteiger partial charge in [0.05, 0.1) is 0 Å². The highest BCUT2D eigenvalue weighted by Crippen LogP contribution is 2.13. The van der Waals surface area contributed by atoms with Crippen LogP contribution in [0.5, 0.6) is 0 Å². The molecule has 0 aromatic rings. The maximum absolute atomic E-state index is 11.2. The summed E-state index contributed by atoms with van der Waals surface area (Å²) in [5.41, 5.74) is 4.03. The van der Waals surface area contributed by atoms with Gasteiger partial charge in [-0.05, 0) is 12.6 Å². The molecule has 0 rings (SSSR count). The lowest BCUT2D eigenvalue weighted by Crippen LogP contribution is -2.15. The van der Waals surface area contributed by atoms with Gasteiger partial charge in [-0.3, -0.25) is 4.79 Å². The summed E-state index contributed by atoms with van der Waals surface area (Å²) < 4.78 is 0. The fourth-order valence-corrected chi connectivity index (χ4v) is 2.84. The van der Waals surface area contributed by atoms with Crippen LogP contribution in [0.3, 0.4) is 0 Å². The number of rotatable bonds is 17. The molecule has 0 heterocycles. The summed E-state index contributed by atoms with van der Waals surface area (Å²) in [6.07, 6.45) is 21.1. The number of primary amides is 1. The second-order valence-corrected chi connectivity index (χ2v) is 6.81. The standard InChI is InChI=1S/C20H39NO.CH3NO2/c1-3-5-6-7-8-9-10-11-12-13-14-15-16-17-18-19-20(22)21-4-2;2-1(3)4/h4H,2-3,5-19H2,1H3,(H,21,22);2H2,(H,3,4). The molecule has 4 N–H and O–H groups in total. The molecule has 0 saturated carbocycles. The minimum absolute atomic E-state index is 0.102. The van der Waals surface area contributed by atoms with Gasteiger partial charge < -0.3 is 16.2 Å². The topological polar surface area (TPSA) is 92.4 Å². The van der Waals surface area contributed by atoms with Crippen LogP contribution in [0.4, 0.5) is 4.79 Å². The van der Waals surface area contributed by atoms with Crippen LogP contribution in [-0.2, 0) is 4.79 Å². The minimum Gasteiger partial charge on any atom is -0.465 e. The van der Waals surface area contributed by atoms with E-state index < -0.39 is 6.09 Å². The summed E-state index contributed by atoms with van der Waals surface area (Å²) in [5, 5.41) is 9.81. The van der Waals surface area contributed by atoms with E-state index >= 15 is 0 Å². The van der Waals surface area contributed by atoms with Crippen molar-refractivity contribution in [1.82, 2.24) is 5.32 Å². The summed E-state index contributed by atoms with van der Waals surface area (Å²) in [7, 11) is 0. The molecule has 0 radical (unpaired) electrons. The third-order valence-electron chi connectivity index (χ3n) is 4.27. The van der Waals surface area contributed by atoms with Gasteiger partial charge in [0.15, 0.2) is 0 Å². The molecular formula is C21H42N2O3. The van der Waals surface area contributed by atoms with Gasteiger partial charge in [-0.15, -0.1) is 0 Å². The lowest BCUT2D eigenvalue weighted by atomic mass is 10.0. The van der Waals surface area contributed by atoms with Gasteiger partial charge in [0.2, 0.25) is 5.91 Å². The first-order valence-corrected chi connectivity index (χ1v) is 10.4. The number of carbonyl (C=O) groups is 2. The number of amides is 2. The van der Waals surface area contributed by atoms with Crippen LogP contribution >= 0.6 is 0 Å². The minimum atomic E-state index is -1.33. The van der Waals surface area contributed by atoms with Crippen LogP contribution in [0.1, 0.15) is 110 Å². The quantitative estimate of drug-likeness (QED) is 0.269. The van der Waals surface area contributed by atoms with Gasteiger partial charge >= 0.3 is 6.09 Å². The van der Waals surface area contributed by atoms with Crippen LogP contribution in [0, 0.1) is 0 Å². The predicted molar refractivity (Wildman–Crippen MR) is 110 cm³/mol. The molecule has 0 unspecified atom stereocenters. The maximum atomic E-state index is 11.2. The molecular weight excluding hydrogens is 328 g/mol. The van der Waals surface area contributed by atoms with E-state index in [0.717, 1.165) is 6.42 Å². The lowest BCUT2D eigenvalue weighted by molar-refractivity contribution is -0.120. The summed E-state index contributed by atoms with van der Waals surface area (Å²) >= 11 is 0. The van der Waals surface area contributed by atoms with Crippen molar-refractivity contribution in [1.29, 1.82) is 0 Å². The van der Waals surface area contributed by atoms with Crippen molar-refractivity contribution in [2.24, 2.45) is 5.73 Å². The molecule has 0 fully saturated rings. The second-order valence-electron chi connectivity index (χ2n) is 6.81. The molecule has 0 aliphatic carbocycles. The summed E-state index contributed by atoms with van der Waals surface area (Å²) in [6.45, 7) is 5.77. The molecule has 0 aromatic heterocycles. The zero-order valence-electron chi connectivity index (χ0n) is 16.9. The van der Waals surface area contributed by atoms with Crippen molar-refractivity contribution in [3.8, 4) is 0 Å². The van der Waals surface area contributed by atoms with Crippen molar-refractivity contribution in [2.45, 2.75) is 110 Å². The number of unbranched alkanes of at least 4 members (excludes halogenated alkanes) is 14. The molecule has 0 atom stereocenters. The maximum Gasteiger partial charge on any atom is 0.402 e. The summed E-state index contributed by atoms with van der Waals surface area (Å²) in [6, 6.07) is 0. The Morgan fingerprint density at radius 1 is 0.808 bits per heavy atom. The van der Waals surface area contributed by atoms with E-state index in [1.807, 2.05) is 0 Å². The van der Waals surface area contributed by atoms with Crippen molar-refractivity contribution in [3.05, 3.63) is 12.8 Å². The molecule has 2 amide bonds. The van der Waals surface area contributed by atoms with Crippen LogP contribution < -0.4 is 11.1 Å². The normalized spacial score (nSPS) is 9.88. The van der Waals surface area contributed by atoms with Gasteiger partial charge in [0.25, 0.3) is 0 Å². The van der Waals surface area contributed by atoms with E-state index in [1.54, 1.807) is 0 Å². The fourth-order valence-electron chi connectivity index (χ4n) is 2.84. The monoisotopic (exact) mass is 370 g/mol. The average molecular weight is 371 g/mol. The zero-order chi connectivity index (χ0) is 19.9. The van der Waals surface area contributed by atoms with Crippen LogP contribution in [-0.4, -0.2) is 17.1 Å². The first kappa shape index (κ1) is 26.7. The van der Waals surface area contributed by atoms with E-state index in [9.17, 15) is 4.79 Å². The Kier molecular flexibility index (Phi) is 24.1. The van der Waals surface area contributed by atoms with E-state index in [2.05, 4.69) is 24.6 Å².